The molecule has 3 N–H and O–H groups in total. The number of nitrogens with one attached hydrogen (secondary N) is 1. The summed E-state index contributed by atoms with van der Waals surface area (Å²) in [6, 6.07) is 3.34. The molecule has 0 aromatic heterocycles. The second kappa shape index (κ2) is 5.92. The molecule has 0 saturated carbocycles. The molecule has 0 aliphatic carbocycles. The Morgan fingerprint density at radius 3 is 2.47 bits per heavy atom. The number of sulfone groups is 1. The zero-order valence-corrected chi connectivity index (χ0v) is 13.9. The van der Waals surface area contributed by atoms with Crippen molar-refractivity contribution in [1.82, 2.24) is 0 Å². The Balaban J connectivity index is 3.30. The third-order valence-electron chi connectivity index (χ3n) is 2.03. The maximum atomic E-state index is 12.0. The van der Waals surface area contributed by atoms with E-state index in [1.807, 2.05) is 0 Å². The van der Waals surface area contributed by atoms with Crippen LogP contribution >= 0.6 is 43.5 Å². The van der Waals surface area contributed by atoms with Crippen LogP contribution in [-0.4, -0.2) is 21.8 Å². The second-order valence-corrected chi connectivity index (χ2v) is 10.8. The average molecular weight is 437 g/mol. The van der Waals surface area contributed by atoms with Gasteiger partial charge in [-0.1, -0.05) is 43.5 Å². The molecular weight excluding hydrogens is 429 g/mol. The van der Waals surface area contributed by atoms with E-state index in [0.717, 1.165) is 6.07 Å². The van der Waals surface area contributed by atoms with Crippen LogP contribution in [-0.2, 0) is 9.84 Å². The van der Waals surface area contributed by atoms with E-state index in [2.05, 4.69) is 37.3 Å². The van der Waals surface area contributed by atoms with Gasteiger partial charge in [0.25, 0.3) is 5.69 Å². The zero-order valence-electron chi connectivity index (χ0n) is 9.14. The minimum atomic E-state index is -3.80. The van der Waals surface area contributed by atoms with Gasteiger partial charge >= 0.3 is 0 Å². The summed E-state index contributed by atoms with van der Waals surface area (Å²) in [5, 5.41) is 10.8. The fraction of sp³-hybridized carbons (Fsp3) is 0.250. The van der Waals surface area contributed by atoms with Crippen LogP contribution < -0.4 is 11.3 Å². The van der Waals surface area contributed by atoms with Crippen molar-refractivity contribution in [2.75, 3.05) is 11.2 Å². The molecule has 19 heavy (non-hydrogen) atoms. The van der Waals surface area contributed by atoms with Crippen LogP contribution in [0.5, 0.6) is 0 Å². The van der Waals surface area contributed by atoms with Crippen LogP contribution in [0.15, 0.2) is 23.1 Å². The number of rotatable bonds is 5. The molecule has 7 nitrogen and oxygen atoms in total. The molecule has 1 aromatic carbocycles. The first-order valence-corrected chi connectivity index (χ1v) is 8.23. The van der Waals surface area contributed by atoms with Crippen LogP contribution in [0.3, 0.4) is 0 Å². The molecule has 0 spiro atoms. The molecule has 1 rings (SSSR count). The van der Waals surface area contributed by atoms with Gasteiger partial charge in [-0.2, -0.15) is 0 Å². The van der Waals surface area contributed by atoms with E-state index >= 15 is 0 Å². The van der Waals surface area contributed by atoms with E-state index in [0.29, 0.717) is 0 Å². The van der Waals surface area contributed by atoms with E-state index in [1.165, 1.54) is 12.1 Å². The van der Waals surface area contributed by atoms with Gasteiger partial charge in [0.1, 0.15) is 5.69 Å². The average Bonchev–Trinajstić information content (AvgIpc) is 2.24. The largest absolute Gasteiger partial charge is 0.318 e. The molecule has 0 heterocycles. The first kappa shape index (κ1) is 16.6. The molecular formula is C8H8Br2ClN3O4S. The maximum absolute atomic E-state index is 12.0. The topological polar surface area (TPSA) is 115 Å². The van der Waals surface area contributed by atoms with Crippen LogP contribution in [0.1, 0.15) is 0 Å². The summed E-state index contributed by atoms with van der Waals surface area (Å²) in [6.45, 7) is 0. The molecule has 0 aliphatic heterocycles. The summed E-state index contributed by atoms with van der Waals surface area (Å²) >= 11 is 11.6. The van der Waals surface area contributed by atoms with Crippen LogP contribution in [0, 0.1) is 10.1 Å². The Morgan fingerprint density at radius 2 is 2.05 bits per heavy atom. The molecule has 11 heteroatoms. The van der Waals surface area contributed by atoms with Gasteiger partial charge in [-0.05, 0) is 12.1 Å². The summed E-state index contributed by atoms with van der Waals surface area (Å²) in [7, 11) is -3.80. The van der Waals surface area contributed by atoms with Gasteiger partial charge in [0.05, 0.1) is 15.6 Å². The molecule has 0 unspecified atom stereocenters. The van der Waals surface area contributed by atoms with Gasteiger partial charge in [-0.3, -0.25) is 16.0 Å². The van der Waals surface area contributed by atoms with Gasteiger partial charge < -0.3 is 5.43 Å². The number of alkyl halides is 3. The number of benzene rings is 1. The Morgan fingerprint density at radius 1 is 1.47 bits per heavy atom. The highest BCUT2D eigenvalue weighted by atomic mass is 79.9. The summed E-state index contributed by atoms with van der Waals surface area (Å²) in [4.78, 5) is 9.86. The summed E-state index contributed by atoms with van der Waals surface area (Å²) in [6.07, 6.45) is 0. The van der Waals surface area contributed by atoms with Crippen molar-refractivity contribution in [2.45, 2.75) is 7.59 Å². The van der Waals surface area contributed by atoms with E-state index in [-0.39, 0.29) is 10.6 Å². The third-order valence-corrected chi connectivity index (χ3v) is 5.41. The lowest BCUT2D eigenvalue weighted by molar-refractivity contribution is -0.384. The van der Waals surface area contributed by atoms with Gasteiger partial charge in [-0.15, -0.1) is 0 Å². The van der Waals surface area contributed by atoms with Crippen molar-refractivity contribution in [3.8, 4) is 0 Å². The van der Waals surface area contributed by atoms with Crippen molar-refractivity contribution in [3.63, 3.8) is 0 Å². The lowest BCUT2D eigenvalue weighted by atomic mass is 10.3. The number of nitrogens with zero attached hydrogens (tertiary/aromatic N) is 1. The standard InChI is InChI=1S/C8H8Br2ClN3O4S/c9-8(10,11)4-19(17,18)5-1-2-6(13-12)7(3-5)14(15)16/h1-3,13H,4,12H2. The number of nitro benzene ring substituents is 1. The normalized spacial score (nSPS) is 12.2. The highest BCUT2D eigenvalue weighted by molar-refractivity contribution is 9.26. The van der Waals surface area contributed by atoms with Crippen molar-refractivity contribution in [1.29, 1.82) is 0 Å². The van der Waals surface area contributed by atoms with Crippen molar-refractivity contribution in [3.05, 3.63) is 28.3 Å². The zero-order chi connectivity index (χ0) is 14.8. The van der Waals surface area contributed by atoms with Crippen molar-refractivity contribution in [2.24, 2.45) is 5.84 Å². The first-order chi connectivity index (χ1) is 8.57. The second-order valence-electron chi connectivity index (χ2n) is 3.45. The SMILES string of the molecule is NNc1ccc(S(=O)(=O)CC(Cl)(Br)Br)cc1[N+](=O)[O-]. The van der Waals surface area contributed by atoms with Gasteiger partial charge in [0.2, 0.25) is 0 Å². The number of nitrogens with two attached hydrogens (primary N) is 1. The van der Waals surface area contributed by atoms with E-state index in [9.17, 15) is 18.5 Å². The molecule has 0 aliphatic rings. The van der Waals surface area contributed by atoms with Crippen molar-refractivity contribution < 1.29 is 13.3 Å². The molecule has 0 bridgehead atoms. The Bertz CT molecular complexity index is 603. The first-order valence-electron chi connectivity index (χ1n) is 4.61. The monoisotopic (exact) mass is 435 g/mol. The van der Waals surface area contributed by atoms with Gasteiger partial charge in [-0.25, -0.2) is 8.42 Å². The lowest BCUT2D eigenvalue weighted by Gasteiger charge is -2.12. The number of hydrogen-bond donors (Lipinski definition) is 2. The molecule has 0 amide bonds. The summed E-state index contributed by atoms with van der Waals surface area (Å²) < 4.78 is 22.7. The Kier molecular flexibility index (Phi) is 5.18. The predicted octanol–water partition coefficient (Wildman–Crippen LogP) is 2.34. The number of nitro groups is 1. The van der Waals surface area contributed by atoms with Crippen LogP contribution in [0.25, 0.3) is 0 Å². The molecule has 0 fully saturated rings. The van der Waals surface area contributed by atoms with Gasteiger partial charge in [0.15, 0.2) is 12.5 Å². The summed E-state index contributed by atoms with van der Waals surface area (Å²) in [5.74, 6) is 4.62. The number of hydrazine groups is 1. The molecule has 0 atom stereocenters. The van der Waals surface area contributed by atoms with Gasteiger partial charge in [0, 0.05) is 6.07 Å². The Hall–Kier alpha value is -0.420. The summed E-state index contributed by atoms with van der Waals surface area (Å²) in [5.41, 5.74) is 1.70. The smallest absolute Gasteiger partial charge is 0.294 e. The Labute approximate surface area is 130 Å². The van der Waals surface area contributed by atoms with E-state index in [4.69, 9.17) is 17.4 Å². The fourth-order valence-corrected chi connectivity index (χ4v) is 4.68. The van der Waals surface area contributed by atoms with Crippen LogP contribution in [0.4, 0.5) is 11.4 Å². The number of halogens is 3. The van der Waals surface area contributed by atoms with E-state index in [1.54, 1.807) is 0 Å². The number of anilines is 1. The molecule has 0 radical (unpaired) electrons. The predicted molar refractivity (Wildman–Crippen MR) is 79.4 cm³/mol. The van der Waals surface area contributed by atoms with E-state index < -0.39 is 28.9 Å². The molecule has 0 saturated heterocycles. The maximum Gasteiger partial charge on any atom is 0.294 e. The number of hydrogen-bond acceptors (Lipinski definition) is 6. The lowest BCUT2D eigenvalue weighted by Crippen LogP contribution is -2.19. The fourth-order valence-electron chi connectivity index (χ4n) is 1.28. The third kappa shape index (κ3) is 4.56. The molecule has 1 aromatic rings. The highest BCUT2D eigenvalue weighted by Crippen LogP contribution is 2.35. The molecule has 106 valence electrons. The number of nitrogen functional groups attached to an aromatic ring is 1. The highest BCUT2D eigenvalue weighted by Gasteiger charge is 2.30. The minimum Gasteiger partial charge on any atom is -0.318 e. The van der Waals surface area contributed by atoms with Crippen molar-refractivity contribution >= 4 is 64.7 Å². The quantitative estimate of drug-likeness (QED) is 0.316. The van der Waals surface area contributed by atoms with Crippen LogP contribution in [0.2, 0.25) is 0 Å². The minimum absolute atomic E-state index is 0.0128.